The molecule has 3 aromatic rings. The van der Waals surface area contributed by atoms with Gasteiger partial charge in [-0.1, -0.05) is 30.7 Å². The summed E-state index contributed by atoms with van der Waals surface area (Å²) in [5.74, 6) is -0.248. The van der Waals surface area contributed by atoms with E-state index in [-0.39, 0.29) is 0 Å². The zero-order chi connectivity index (χ0) is 17.1. The molecule has 122 valence electrons. The van der Waals surface area contributed by atoms with Crippen LogP contribution >= 0.6 is 11.6 Å². The number of halogens is 1. The molecule has 0 spiro atoms. The van der Waals surface area contributed by atoms with Crippen LogP contribution in [0.25, 0.3) is 11.0 Å². The number of aromatic nitrogens is 2. The van der Waals surface area contributed by atoms with Gasteiger partial charge in [-0.15, -0.1) is 0 Å². The van der Waals surface area contributed by atoms with Gasteiger partial charge in [0.25, 0.3) is 0 Å². The number of hydrogen-bond donors (Lipinski definition) is 1. The standard InChI is InChI=1S/C18H15ClN2O3/c1-11(18(22)23)8-12-2-5-14(6-3-12)24-17-10-20-15-7-4-13(19)9-16(15)21-17/h2-7,9-11H,8H2,1H3,(H,22,23). The van der Waals surface area contributed by atoms with E-state index in [1.54, 1.807) is 43.5 Å². The second kappa shape index (κ2) is 6.84. The van der Waals surface area contributed by atoms with E-state index in [0.29, 0.717) is 28.6 Å². The number of carboxylic acids is 1. The van der Waals surface area contributed by atoms with Gasteiger partial charge in [-0.05, 0) is 42.3 Å². The first-order valence-corrected chi connectivity index (χ1v) is 7.81. The lowest BCUT2D eigenvalue weighted by Gasteiger charge is -2.08. The fourth-order valence-corrected chi connectivity index (χ4v) is 2.44. The van der Waals surface area contributed by atoms with Crippen LogP contribution in [0, 0.1) is 5.92 Å². The third-order valence-corrected chi connectivity index (χ3v) is 3.83. The average molecular weight is 343 g/mol. The third-order valence-electron chi connectivity index (χ3n) is 3.59. The van der Waals surface area contributed by atoms with Crippen molar-refractivity contribution in [3.63, 3.8) is 0 Å². The van der Waals surface area contributed by atoms with Gasteiger partial charge in [0.1, 0.15) is 5.75 Å². The molecule has 0 aliphatic heterocycles. The number of carbonyl (C=O) groups is 1. The Hall–Kier alpha value is -2.66. The molecule has 0 bridgehead atoms. The van der Waals surface area contributed by atoms with Gasteiger partial charge >= 0.3 is 5.97 Å². The van der Waals surface area contributed by atoms with Crippen molar-refractivity contribution in [2.75, 3.05) is 0 Å². The van der Waals surface area contributed by atoms with E-state index in [9.17, 15) is 4.79 Å². The van der Waals surface area contributed by atoms with Crippen molar-refractivity contribution in [1.82, 2.24) is 9.97 Å². The van der Waals surface area contributed by atoms with E-state index in [4.69, 9.17) is 21.4 Å². The molecular formula is C18H15ClN2O3. The highest BCUT2D eigenvalue weighted by atomic mass is 35.5. The number of nitrogens with zero attached hydrogens (tertiary/aromatic N) is 2. The zero-order valence-corrected chi connectivity index (χ0v) is 13.7. The first kappa shape index (κ1) is 16.2. The van der Waals surface area contributed by atoms with Crippen molar-refractivity contribution in [2.24, 2.45) is 5.92 Å². The number of rotatable bonds is 5. The molecule has 0 fully saturated rings. The van der Waals surface area contributed by atoms with Gasteiger partial charge in [-0.3, -0.25) is 4.79 Å². The summed E-state index contributed by atoms with van der Waals surface area (Å²) in [6.07, 6.45) is 2.03. The Bertz CT molecular complexity index is 881. The summed E-state index contributed by atoms with van der Waals surface area (Å²) in [5.41, 5.74) is 2.34. The van der Waals surface area contributed by atoms with Gasteiger partial charge in [0.15, 0.2) is 0 Å². The van der Waals surface area contributed by atoms with Gasteiger partial charge in [0.2, 0.25) is 5.88 Å². The Morgan fingerprint density at radius 2 is 1.96 bits per heavy atom. The Labute approximate surface area is 143 Å². The SMILES string of the molecule is CC(Cc1ccc(Oc2cnc3ccc(Cl)cc3n2)cc1)C(=O)O. The minimum atomic E-state index is -0.805. The molecule has 3 rings (SSSR count). The molecule has 0 radical (unpaired) electrons. The Balaban J connectivity index is 1.75. The van der Waals surface area contributed by atoms with Crippen molar-refractivity contribution in [2.45, 2.75) is 13.3 Å². The number of aliphatic carboxylic acids is 1. The number of ether oxygens (including phenoxy) is 1. The third kappa shape index (κ3) is 3.81. The second-order valence-corrected chi connectivity index (χ2v) is 5.97. The number of benzene rings is 2. The topological polar surface area (TPSA) is 72.3 Å². The molecule has 2 aromatic carbocycles. The Morgan fingerprint density at radius 1 is 1.21 bits per heavy atom. The van der Waals surface area contributed by atoms with E-state index >= 15 is 0 Å². The van der Waals surface area contributed by atoms with Gasteiger partial charge in [-0.2, -0.15) is 0 Å². The van der Waals surface area contributed by atoms with Crippen molar-refractivity contribution >= 4 is 28.6 Å². The lowest BCUT2D eigenvalue weighted by atomic mass is 10.0. The molecule has 0 saturated carbocycles. The first-order chi connectivity index (χ1) is 11.5. The van der Waals surface area contributed by atoms with Gasteiger partial charge in [-0.25, -0.2) is 9.97 Å². The summed E-state index contributed by atoms with van der Waals surface area (Å²) in [6.45, 7) is 1.68. The summed E-state index contributed by atoms with van der Waals surface area (Å²) >= 11 is 5.96. The van der Waals surface area contributed by atoms with Crippen LogP contribution in [0.5, 0.6) is 11.6 Å². The molecule has 0 saturated heterocycles. The molecule has 0 aliphatic carbocycles. The first-order valence-electron chi connectivity index (χ1n) is 7.43. The normalized spacial score (nSPS) is 12.1. The second-order valence-electron chi connectivity index (χ2n) is 5.53. The lowest BCUT2D eigenvalue weighted by Crippen LogP contribution is -2.12. The maximum absolute atomic E-state index is 10.9. The largest absolute Gasteiger partial charge is 0.481 e. The number of hydrogen-bond acceptors (Lipinski definition) is 4. The molecule has 1 heterocycles. The molecule has 0 amide bonds. The highest BCUT2D eigenvalue weighted by Gasteiger charge is 2.11. The monoisotopic (exact) mass is 342 g/mol. The molecule has 0 aliphatic rings. The van der Waals surface area contributed by atoms with Crippen LogP contribution in [0.4, 0.5) is 0 Å². The molecular weight excluding hydrogens is 328 g/mol. The van der Waals surface area contributed by atoms with E-state index in [1.165, 1.54) is 0 Å². The molecule has 1 unspecified atom stereocenters. The molecule has 6 heteroatoms. The van der Waals surface area contributed by atoms with Crippen molar-refractivity contribution in [1.29, 1.82) is 0 Å². The lowest BCUT2D eigenvalue weighted by molar-refractivity contribution is -0.141. The van der Waals surface area contributed by atoms with Gasteiger partial charge in [0, 0.05) is 5.02 Å². The molecule has 5 nitrogen and oxygen atoms in total. The highest BCUT2D eigenvalue weighted by molar-refractivity contribution is 6.31. The van der Waals surface area contributed by atoms with Gasteiger partial charge in [0.05, 0.1) is 23.1 Å². The molecule has 1 N–H and O–H groups in total. The van der Waals surface area contributed by atoms with Crippen LogP contribution in [-0.4, -0.2) is 21.0 Å². The quantitative estimate of drug-likeness (QED) is 0.746. The fourth-order valence-electron chi connectivity index (χ4n) is 2.27. The van der Waals surface area contributed by atoms with Crippen molar-refractivity contribution < 1.29 is 14.6 Å². The van der Waals surface area contributed by atoms with Crippen molar-refractivity contribution in [3.8, 4) is 11.6 Å². The predicted molar refractivity (Wildman–Crippen MR) is 91.6 cm³/mol. The predicted octanol–water partition coefficient (Wildman–Crippen LogP) is 4.34. The number of fused-ring (bicyclic) bond motifs is 1. The summed E-state index contributed by atoms with van der Waals surface area (Å²) < 4.78 is 5.70. The average Bonchev–Trinajstić information content (AvgIpc) is 2.56. The minimum Gasteiger partial charge on any atom is -0.481 e. The van der Waals surface area contributed by atoms with Gasteiger partial charge < -0.3 is 9.84 Å². The molecule has 24 heavy (non-hydrogen) atoms. The van der Waals surface area contributed by atoms with Crippen molar-refractivity contribution in [3.05, 3.63) is 59.2 Å². The summed E-state index contributed by atoms with van der Waals surface area (Å²) in [6, 6.07) is 12.6. The number of carboxylic acid groups (broad SMARTS) is 1. The summed E-state index contributed by atoms with van der Waals surface area (Å²) in [7, 11) is 0. The summed E-state index contributed by atoms with van der Waals surface area (Å²) in [5, 5.41) is 9.54. The van der Waals surface area contributed by atoms with Crippen LogP contribution in [0.3, 0.4) is 0 Å². The smallest absolute Gasteiger partial charge is 0.306 e. The van der Waals surface area contributed by atoms with E-state index in [0.717, 1.165) is 11.1 Å². The van der Waals surface area contributed by atoms with E-state index in [1.807, 2.05) is 12.1 Å². The van der Waals surface area contributed by atoms with Crippen LogP contribution < -0.4 is 4.74 Å². The maximum Gasteiger partial charge on any atom is 0.306 e. The van der Waals surface area contributed by atoms with Crippen LogP contribution in [0.2, 0.25) is 5.02 Å². The van der Waals surface area contributed by atoms with E-state index < -0.39 is 11.9 Å². The molecule has 1 atom stereocenters. The maximum atomic E-state index is 10.9. The highest BCUT2D eigenvalue weighted by Crippen LogP contribution is 2.23. The van der Waals surface area contributed by atoms with Crippen LogP contribution in [0.1, 0.15) is 12.5 Å². The van der Waals surface area contributed by atoms with E-state index in [2.05, 4.69) is 9.97 Å². The van der Waals surface area contributed by atoms with Crippen LogP contribution in [-0.2, 0) is 11.2 Å². The van der Waals surface area contributed by atoms with Crippen LogP contribution in [0.15, 0.2) is 48.7 Å². The summed E-state index contributed by atoms with van der Waals surface area (Å²) in [4.78, 5) is 19.6. The minimum absolute atomic E-state index is 0.372. The Kier molecular flexibility index (Phi) is 4.62. The Morgan fingerprint density at radius 3 is 2.67 bits per heavy atom. The fraction of sp³-hybridized carbons (Fsp3) is 0.167. The molecule has 1 aromatic heterocycles. The zero-order valence-electron chi connectivity index (χ0n) is 12.9.